The van der Waals surface area contributed by atoms with Crippen molar-refractivity contribution < 1.29 is 4.79 Å². The molecular formula is C25H29N3OS. The van der Waals surface area contributed by atoms with Crippen LogP contribution < -0.4 is 5.43 Å². The smallest absolute Gasteiger partial charge is 0.253 e. The van der Waals surface area contributed by atoms with E-state index in [1.165, 1.54) is 34.1 Å². The van der Waals surface area contributed by atoms with E-state index in [-0.39, 0.29) is 11.2 Å². The number of thioether (sulfide) groups is 1. The molecule has 3 rings (SSSR count). The molecule has 0 aliphatic heterocycles. The predicted octanol–water partition coefficient (Wildman–Crippen LogP) is 5.65. The number of amides is 1. The number of carbonyl (C=O) groups is 1. The molecule has 0 bridgehead atoms. The molecule has 2 aromatic carbocycles. The van der Waals surface area contributed by atoms with Crippen LogP contribution in [0, 0.1) is 34.6 Å². The van der Waals surface area contributed by atoms with Crippen LogP contribution in [0.1, 0.15) is 40.6 Å². The van der Waals surface area contributed by atoms with E-state index < -0.39 is 0 Å². The number of nitrogens with one attached hydrogen (secondary N) is 1. The average molecular weight is 420 g/mol. The van der Waals surface area contributed by atoms with Gasteiger partial charge in [0.15, 0.2) is 0 Å². The Bertz CT molecular complexity index is 1060. The van der Waals surface area contributed by atoms with Crippen molar-refractivity contribution in [1.29, 1.82) is 0 Å². The molecule has 0 fully saturated rings. The molecule has 0 saturated heterocycles. The highest BCUT2D eigenvalue weighted by atomic mass is 32.2. The molecule has 1 aromatic heterocycles. The van der Waals surface area contributed by atoms with Crippen molar-refractivity contribution in [3.63, 3.8) is 0 Å². The number of hydrogen-bond acceptors (Lipinski definition) is 3. The third-order valence-electron chi connectivity index (χ3n) is 5.21. The van der Waals surface area contributed by atoms with E-state index in [1.54, 1.807) is 6.21 Å². The fraction of sp³-hybridized carbons (Fsp3) is 0.280. The molecule has 0 aliphatic carbocycles. The number of nitrogens with zero attached hydrogens (tertiary/aromatic N) is 2. The summed E-state index contributed by atoms with van der Waals surface area (Å²) >= 11 is 1.53. The molecule has 3 aromatic rings. The molecule has 0 unspecified atom stereocenters. The number of rotatable bonds is 6. The van der Waals surface area contributed by atoms with E-state index in [0.29, 0.717) is 0 Å². The van der Waals surface area contributed by atoms with Gasteiger partial charge in [-0.1, -0.05) is 35.9 Å². The van der Waals surface area contributed by atoms with E-state index in [2.05, 4.69) is 86.1 Å². The molecule has 1 N–H and O–H groups in total. The summed E-state index contributed by atoms with van der Waals surface area (Å²) in [5.74, 6) is -0.111. The molecule has 0 saturated carbocycles. The molecule has 1 heterocycles. The van der Waals surface area contributed by atoms with Gasteiger partial charge in [-0.05, 0) is 70.9 Å². The summed E-state index contributed by atoms with van der Waals surface area (Å²) in [6.45, 7) is 12.4. The van der Waals surface area contributed by atoms with E-state index in [0.717, 1.165) is 21.8 Å². The monoisotopic (exact) mass is 419 g/mol. The zero-order valence-electron chi connectivity index (χ0n) is 18.5. The van der Waals surface area contributed by atoms with Crippen molar-refractivity contribution in [2.45, 2.75) is 51.7 Å². The van der Waals surface area contributed by atoms with Gasteiger partial charge in [0.2, 0.25) is 0 Å². The molecule has 1 amide bonds. The second-order valence-electron chi connectivity index (χ2n) is 7.71. The van der Waals surface area contributed by atoms with Gasteiger partial charge in [0.1, 0.15) is 0 Å². The summed E-state index contributed by atoms with van der Waals surface area (Å²) in [6.07, 6.45) is 1.73. The number of aromatic nitrogens is 1. The van der Waals surface area contributed by atoms with Crippen LogP contribution in [0.4, 0.5) is 0 Å². The summed E-state index contributed by atoms with van der Waals surface area (Å²) in [7, 11) is 0. The van der Waals surface area contributed by atoms with E-state index >= 15 is 0 Å². The Morgan fingerprint density at radius 1 is 1.03 bits per heavy atom. The maximum atomic E-state index is 12.4. The van der Waals surface area contributed by atoms with Crippen molar-refractivity contribution in [2.75, 3.05) is 0 Å². The number of carbonyl (C=O) groups excluding carboxylic acids is 1. The minimum atomic E-state index is -0.230. The summed E-state index contributed by atoms with van der Waals surface area (Å²) < 4.78 is 2.25. The van der Waals surface area contributed by atoms with Crippen LogP contribution in [0.5, 0.6) is 0 Å². The molecular weight excluding hydrogens is 390 g/mol. The fourth-order valence-electron chi connectivity index (χ4n) is 3.55. The second-order valence-corrected chi connectivity index (χ2v) is 9.12. The fourth-order valence-corrected chi connectivity index (χ4v) is 4.41. The first-order chi connectivity index (χ1) is 14.3. The zero-order chi connectivity index (χ0) is 21.8. The minimum absolute atomic E-state index is 0.111. The second kappa shape index (κ2) is 9.35. The topological polar surface area (TPSA) is 46.4 Å². The van der Waals surface area contributed by atoms with Gasteiger partial charge in [-0.3, -0.25) is 4.79 Å². The number of aryl methyl sites for hydroxylation is 4. The van der Waals surface area contributed by atoms with Crippen LogP contribution in [0.3, 0.4) is 0 Å². The number of benzene rings is 2. The largest absolute Gasteiger partial charge is 0.317 e. The highest BCUT2D eigenvalue weighted by Crippen LogP contribution is 2.26. The summed E-state index contributed by atoms with van der Waals surface area (Å²) in [5.41, 5.74) is 10.8. The van der Waals surface area contributed by atoms with Crippen LogP contribution in [-0.2, 0) is 4.79 Å². The first kappa shape index (κ1) is 21.9. The lowest BCUT2D eigenvalue weighted by molar-refractivity contribution is -0.120. The third-order valence-corrected chi connectivity index (χ3v) is 6.33. The molecule has 0 aliphatic rings. The highest BCUT2D eigenvalue weighted by molar-refractivity contribution is 8.00. The van der Waals surface area contributed by atoms with E-state index in [9.17, 15) is 4.79 Å². The van der Waals surface area contributed by atoms with Gasteiger partial charge in [0.25, 0.3) is 5.91 Å². The lowest BCUT2D eigenvalue weighted by Gasteiger charge is -2.15. The highest BCUT2D eigenvalue weighted by Gasteiger charge is 2.15. The molecule has 1 atom stereocenters. The average Bonchev–Trinajstić information content (AvgIpc) is 2.97. The molecule has 5 heteroatoms. The van der Waals surface area contributed by atoms with Crippen LogP contribution in [-0.4, -0.2) is 21.9 Å². The van der Waals surface area contributed by atoms with Gasteiger partial charge in [0.05, 0.1) is 17.2 Å². The maximum absolute atomic E-state index is 12.4. The Morgan fingerprint density at radius 2 is 1.67 bits per heavy atom. The number of para-hydroxylation sites is 1. The van der Waals surface area contributed by atoms with Gasteiger partial charge in [0, 0.05) is 21.8 Å². The van der Waals surface area contributed by atoms with Crippen molar-refractivity contribution >= 4 is 23.9 Å². The number of hydrogen-bond donors (Lipinski definition) is 1. The first-order valence-electron chi connectivity index (χ1n) is 10.1. The maximum Gasteiger partial charge on any atom is 0.253 e. The Morgan fingerprint density at radius 3 is 2.30 bits per heavy atom. The van der Waals surface area contributed by atoms with Crippen molar-refractivity contribution in [3.8, 4) is 5.69 Å². The molecule has 4 nitrogen and oxygen atoms in total. The Kier molecular flexibility index (Phi) is 6.83. The third kappa shape index (κ3) is 4.85. The lowest BCUT2D eigenvalue weighted by Crippen LogP contribution is -2.26. The predicted molar refractivity (Wildman–Crippen MR) is 127 cm³/mol. The minimum Gasteiger partial charge on any atom is -0.317 e. The first-order valence-corrected chi connectivity index (χ1v) is 11.0. The van der Waals surface area contributed by atoms with Crippen LogP contribution in [0.15, 0.2) is 58.5 Å². The van der Waals surface area contributed by atoms with Crippen LogP contribution in [0.2, 0.25) is 0 Å². The van der Waals surface area contributed by atoms with Gasteiger partial charge in [-0.2, -0.15) is 5.10 Å². The Labute approximate surface area is 183 Å². The Hall–Kier alpha value is -2.79. The lowest BCUT2D eigenvalue weighted by atomic mass is 10.1. The van der Waals surface area contributed by atoms with Crippen LogP contribution >= 0.6 is 11.8 Å². The SMILES string of the molecule is Cc1ccc(S[C@@H](C)C(=O)N/N=C\c2cc(C)n(-c3c(C)cccc3C)c2C)cc1. The van der Waals surface area contributed by atoms with Gasteiger partial charge in [-0.15, -0.1) is 11.8 Å². The molecule has 0 spiro atoms. The van der Waals surface area contributed by atoms with E-state index in [4.69, 9.17) is 0 Å². The summed E-state index contributed by atoms with van der Waals surface area (Å²) in [4.78, 5) is 13.5. The summed E-state index contributed by atoms with van der Waals surface area (Å²) in [5, 5.41) is 3.99. The standard InChI is InChI=1S/C25H29N3OS/c1-16-10-12-23(13-11-16)30-21(6)25(29)27-26-15-22-14-19(4)28(20(22)5)24-17(2)8-7-9-18(24)3/h7-15,21H,1-6H3,(H,27,29)/b26-15-/t21-/m0/s1. The normalized spacial score (nSPS) is 12.3. The van der Waals surface area contributed by atoms with Crippen molar-refractivity contribution in [3.05, 3.63) is 82.2 Å². The van der Waals surface area contributed by atoms with Gasteiger partial charge in [-0.25, -0.2) is 5.43 Å². The Balaban J connectivity index is 1.71. The molecule has 0 radical (unpaired) electrons. The molecule has 30 heavy (non-hydrogen) atoms. The van der Waals surface area contributed by atoms with Gasteiger partial charge < -0.3 is 4.57 Å². The number of hydrazone groups is 1. The summed E-state index contributed by atoms with van der Waals surface area (Å²) in [6, 6.07) is 16.6. The van der Waals surface area contributed by atoms with E-state index in [1.807, 2.05) is 19.1 Å². The zero-order valence-corrected chi connectivity index (χ0v) is 19.3. The quantitative estimate of drug-likeness (QED) is 0.319. The van der Waals surface area contributed by atoms with Crippen molar-refractivity contribution in [1.82, 2.24) is 9.99 Å². The van der Waals surface area contributed by atoms with Gasteiger partial charge >= 0.3 is 0 Å². The molecule has 156 valence electrons. The van der Waals surface area contributed by atoms with Crippen molar-refractivity contribution in [2.24, 2.45) is 5.10 Å². The van der Waals surface area contributed by atoms with Crippen LogP contribution in [0.25, 0.3) is 5.69 Å².